The summed E-state index contributed by atoms with van der Waals surface area (Å²) in [6.45, 7) is 13.3. The van der Waals surface area contributed by atoms with Gasteiger partial charge in [0, 0.05) is 16.8 Å². The monoisotopic (exact) mass is 300 g/mol. The highest BCUT2D eigenvalue weighted by atomic mass is 32.2. The second-order valence-electron chi connectivity index (χ2n) is 6.98. The summed E-state index contributed by atoms with van der Waals surface area (Å²) in [7, 11) is 0. The lowest BCUT2D eigenvalue weighted by atomic mass is 9.66. The average molecular weight is 300 g/mol. The van der Waals surface area contributed by atoms with Crippen molar-refractivity contribution in [3.05, 3.63) is 12.7 Å². The molecule has 2 saturated heterocycles. The molecule has 0 aromatic heterocycles. The molecule has 1 spiro atoms. The molecule has 2 rings (SSSR count). The smallest absolute Gasteiger partial charge is 0.136 e. The molecule has 116 valence electrons. The van der Waals surface area contributed by atoms with E-state index in [1.54, 1.807) is 0 Å². The molecule has 5 heteroatoms. The van der Waals surface area contributed by atoms with Gasteiger partial charge in [0.2, 0.25) is 0 Å². The highest BCUT2D eigenvalue weighted by Gasteiger charge is 2.52. The minimum absolute atomic E-state index is 0.0976. The number of nitrogens with one attached hydrogen (secondary N) is 2. The molecule has 2 fully saturated rings. The SMILES string of the molecule is C=CCC1CNCCC12COC[C@H]2N[S@+]([O-])C(C)(C)C. The Kier molecular flexibility index (Phi) is 5.19. The summed E-state index contributed by atoms with van der Waals surface area (Å²) in [5.74, 6) is 0.505. The highest BCUT2D eigenvalue weighted by Crippen LogP contribution is 2.44. The van der Waals surface area contributed by atoms with Crippen LogP contribution < -0.4 is 10.0 Å². The Morgan fingerprint density at radius 1 is 1.55 bits per heavy atom. The summed E-state index contributed by atoms with van der Waals surface area (Å²) in [5, 5.41) is 3.47. The lowest BCUT2D eigenvalue weighted by molar-refractivity contribution is 0.0693. The molecule has 4 atom stereocenters. The number of rotatable bonds is 4. The summed E-state index contributed by atoms with van der Waals surface area (Å²) in [4.78, 5) is 0. The van der Waals surface area contributed by atoms with E-state index in [1.807, 2.05) is 26.8 Å². The van der Waals surface area contributed by atoms with Gasteiger partial charge in [0.25, 0.3) is 0 Å². The van der Waals surface area contributed by atoms with Crippen molar-refractivity contribution in [3.8, 4) is 0 Å². The van der Waals surface area contributed by atoms with E-state index in [1.165, 1.54) is 0 Å². The summed E-state index contributed by atoms with van der Waals surface area (Å²) in [6.07, 6.45) is 4.05. The van der Waals surface area contributed by atoms with Crippen LogP contribution in [0.25, 0.3) is 0 Å². The quantitative estimate of drug-likeness (QED) is 0.612. The van der Waals surface area contributed by atoms with E-state index in [0.717, 1.165) is 32.5 Å². The van der Waals surface area contributed by atoms with Crippen LogP contribution in [0, 0.1) is 11.3 Å². The van der Waals surface area contributed by atoms with Crippen LogP contribution in [0.1, 0.15) is 33.6 Å². The maximum absolute atomic E-state index is 12.4. The van der Waals surface area contributed by atoms with E-state index >= 15 is 0 Å². The van der Waals surface area contributed by atoms with Crippen molar-refractivity contribution in [2.45, 2.75) is 44.4 Å². The van der Waals surface area contributed by atoms with Gasteiger partial charge in [-0.3, -0.25) is 0 Å². The van der Waals surface area contributed by atoms with Crippen LogP contribution in [-0.2, 0) is 16.1 Å². The molecule has 2 aliphatic heterocycles. The normalized spacial score (nSPS) is 36.2. The van der Waals surface area contributed by atoms with Gasteiger partial charge in [0.1, 0.15) is 4.75 Å². The van der Waals surface area contributed by atoms with Crippen LogP contribution in [0.4, 0.5) is 0 Å². The Morgan fingerprint density at radius 2 is 2.30 bits per heavy atom. The maximum atomic E-state index is 12.4. The molecule has 2 aliphatic rings. The van der Waals surface area contributed by atoms with Gasteiger partial charge in [-0.2, -0.15) is 0 Å². The predicted octanol–water partition coefficient (Wildman–Crippen LogP) is 1.61. The van der Waals surface area contributed by atoms with Gasteiger partial charge in [0.05, 0.1) is 19.3 Å². The molecule has 0 aromatic carbocycles. The van der Waals surface area contributed by atoms with Gasteiger partial charge in [0.15, 0.2) is 0 Å². The Labute approximate surface area is 126 Å². The maximum Gasteiger partial charge on any atom is 0.136 e. The zero-order valence-corrected chi connectivity index (χ0v) is 13.7. The summed E-state index contributed by atoms with van der Waals surface area (Å²) < 4.78 is 21.3. The Balaban J connectivity index is 2.13. The summed E-state index contributed by atoms with van der Waals surface area (Å²) >= 11 is -1.05. The van der Waals surface area contributed by atoms with Gasteiger partial charge in [-0.05, 0) is 52.6 Å². The van der Waals surface area contributed by atoms with Crippen LogP contribution in [0.2, 0.25) is 0 Å². The molecule has 0 aliphatic carbocycles. The van der Waals surface area contributed by atoms with Gasteiger partial charge < -0.3 is 14.6 Å². The highest BCUT2D eigenvalue weighted by molar-refractivity contribution is 7.90. The Bertz CT molecular complexity index is 345. The third-order valence-electron chi connectivity index (χ3n) is 4.58. The molecule has 0 bridgehead atoms. The standard InChI is InChI=1S/C15H28N2O2S/c1-5-6-12-9-16-8-7-15(12)11-19-10-13(15)17-20(18)14(2,3)4/h5,12-13,16-17H,1,6-11H2,2-4H3/t12?,13-,15?,20-/m1/s1. The number of hydrogen-bond acceptors (Lipinski definition) is 4. The first kappa shape index (κ1) is 16.3. The molecular formula is C15H28N2O2S. The van der Waals surface area contributed by atoms with Crippen LogP contribution in [0.3, 0.4) is 0 Å². The van der Waals surface area contributed by atoms with Gasteiger partial charge in [-0.25, -0.2) is 0 Å². The second kappa shape index (κ2) is 6.36. The Morgan fingerprint density at radius 3 is 2.95 bits per heavy atom. The first-order valence-corrected chi connectivity index (χ1v) is 8.62. The van der Waals surface area contributed by atoms with E-state index in [0.29, 0.717) is 12.5 Å². The van der Waals surface area contributed by atoms with Gasteiger partial charge >= 0.3 is 0 Å². The summed E-state index contributed by atoms with van der Waals surface area (Å²) in [5.41, 5.74) is 0.0976. The van der Waals surface area contributed by atoms with Crippen molar-refractivity contribution in [1.82, 2.24) is 10.0 Å². The number of hydrogen-bond donors (Lipinski definition) is 2. The second-order valence-corrected chi connectivity index (χ2v) is 8.97. The fraction of sp³-hybridized carbons (Fsp3) is 0.867. The van der Waals surface area contributed by atoms with Gasteiger partial charge in [-0.1, -0.05) is 6.08 Å². The minimum atomic E-state index is -1.05. The first-order valence-electron chi connectivity index (χ1n) is 7.47. The van der Waals surface area contributed by atoms with Crippen molar-refractivity contribution < 1.29 is 9.29 Å². The molecular weight excluding hydrogens is 272 g/mol. The molecule has 0 radical (unpaired) electrons. The average Bonchev–Trinajstić information content (AvgIpc) is 2.75. The molecule has 20 heavy (non-hydrogen) atoms. The van der Waals surface area contributed by atoms with E-state index in [9.17, 15) is 4.55 Å². The van der Waals surface area contributed by atoms with E-state index in [2.05, 4.69) is 16.6 Å². The van der Waals surface area contributed by atoms with E-state index < -0.39 is 11.4 Å². The van der Waals surface area contributed by atoms with Crippen molar-refractivity contribution in [2.75, 3.05) is 26.3 Å². The number of allylic oxidation sites excluding steroid dienone is 1. The van der Waals surface area contributed by atoms with Crippen molar-refractivity contribution in [3.63, 3.8) is 0 Å². The van der Waals surface area contributed by atoms with E-state index in [4.69, 9.17) is 4.74 Å². The molecule has 2 heterocycles. The van der Waals surface area contributed by atoms with Crippen LogP contribution in [0.5, 0.6) is 0 Å². The minimum Gasteiger partial charge on any atom is -0.598 e. The van der Waals surface area contributed by atoms with Crippen LogP contribution in [0.15, 0.2) is 12.7 Å². The third kappa shape index (κ3) is 3.22. The Hall–Kier alpha value is -0.0700. The van der Waals surface area contributed by atoms with Crippen LogP contribution in [-0.4, -0.2) is 41.6 Å². The fourth-order valence-corrected chi connectivity index (χ4v) is 4.18. The van der Waals surface area contributed by atoms with Crippen molar-refractivity contribution in [2.24, 2.45) is 11.3 Å². The summed E-state index contributed by atoms with van der Waals surface area (Å²) in [6, 6.07) is 0.176. The van der Waals surface area contributed by atoms with Gasteiger partial charge in [-0.15, -0.1) is 11.3 Å². The zero-order valence-electron chi connectivity index (χ0n) is 12.9. The molecule has 2 unspecified atom stereocenters. The molecule has 0 aromatic rings. The van der Waals surface area contributed by atoms with Crippen molar-refractivity contribution >= 4 is 11.4 Å². The largest absolute Gasteiger partial charge is 0.598 e. The van der Waals surface area contributed by atoms with Crippen molar-refractivity contribution in [1.29, 1.82) is 0 Å². The lowest BCUT2D eigenvalue weighted by Gasteiger charge is -2.44. The lowest BCUT2D eigenvalue weighted by Crippen LogP contribution is -2.58. The number of ether oxygens (including phenoxy) is 1. The molecule has 2 N–H and O–H groups in total. The first-order chi connectivity index (χ1) is 9.40. The van der Waals surface area contributed by atoms with Crippen LogP contribution >= 0.6 is 0 Å². The molecule has 0 saturated carbocycles. The zero-order chi connectivity index (χ0) is 14.8. The molecule has 4 nitrogen and oxygen atoms in total. The molecule has 0 amide bonds. The third-order valence-corrected chi connectivity index (χ3v) is 6.19. The predicted molar refractivity (Wildman–Crippen MR) is 83.9 cm³/mol. The number of piperidine rings is 1. The fourth-order valence-electron chi connectivity index (χ4n) is 3.26. The topological polar surface area (TPSA) is 56.3 Å². The van der Waals surface area contributed by atoms with E-state index in [-0.39, 0.29) is 16.2 Å².